The monoisotopic (exact) mass is 235 g/mol. The van der Waals surface area contributed by atoms with Gasteiger partial charge in [-0.15, -0.1) is 11.3 Å². The van der Waals surface area contributed by atoms with Crippen molar-refractivity contribution in [3.05, 3.63) is 35.0 Å². The summed E-state index contributed by atoms with van der Waals surface area (Å²) < 4.78 is 2.03. The van der Waals surface area contributed by atoms with E-state index in [-0.39, 0.29) is 0 Å². The number of hydrogen-bond acceptors (Lipinski definition) is 3. The zero-order valence-electron chi connectivity index (χ0n) is 9.52. The number of rotatable bonds is 6. The molecule has 0 atom stereocenters. The van der Waals surface area contributed by atoms with Crippen molar-refractivity contribution in [1.29, 1.82) is 0 Å². The summed E-state index contributed by atoms with van der Waals surface area (Å²) in [5.41, 5.74) is 1.20. The molecule has 4 heteroatoms. The van der Waals surface area contributed by atoms with E-state index in [2.05, 4.69) is 28.7 Å². The van der Waals surface area contributed by atoms with Crippen molar-refractivity contribution in [2.45, 2.75) is 26.3 Å². The molecule has 0 saturated carbocycles. The van der Waals surface area contributed by atoms with Gasteiger partial charge in [0.1, 0.15) is 0 Å². The van der Waals surface area contributed by atoms with Crippen LogP contribution in [0.1, 0.15) is 24.6 Å². The van der Waals surface area contributed by atoms with Crippen LogP contribution in [0.2, 0.25) is 0 Å². The summed E-state index contributed by atoms with van der Waals surface area (Å²) in [6.07, 6.45) is 8.10. The Hall–Kier alpha value is -1.13. The van der Waals surface area contributed by atoms with E-state index in [1.807, 2.05) is 17.1 Å². The average molecular weight is 235 g/mol. The van der Waals surface area contributed by atoms with Crippen LogP contribution in [0.5, 0.6) is 0 Å². The SMILES string of the molecule is CCCCNCc1cc(-n2ccnc2)cs1. The molecule has 2 aromatic heterocycles. The van der Waals surface area contributed by atoms with Crippen LogP contribution in [-0.4, -0.2) is 16.1 Å². The van der Waals surface area contributed by atoms with Crippen LogP contribution in [0, 0.1) is 0 Å². The van der Waals surface area contributed by atoms with E-state index in [0.717, 1.165) is 13.1 Å². The zero-order valence-corrected chi connectivity index (χ0v) is 10.3. The van der Waals surface area contributed by atoms with Gasteiger partial charge in [0.2, 0.25) is 0 Å². The van der Waals surface area contributed by atoms with E-state index < -0.39 is 0 Å². The van der Waals surface area contributed by atoms with E-state index >= 15 is 0 Å². The first-order valence-electron chi connectivity index (χ1n) is 5.66. The molecule has 0 aliphatic carbocycles. The zero-order chi connectivity index (χ0) is 11.2. The summed E-state index contributed by atoms with van der Waals surface area (Å²) in [5.74, 6) is 0. The third kappa shape index (κ3) is 2.93. The second kappa shape index (κ2) is 5.82. The summed E-state index contributed by atoms with van der Waals surface area (Å²) in [5, 5.41) is 5.61. The Morgan fingerprint density at radius 3 is 3.19 bits per heavy atom. The smallest absolute Gasteiger partial charge is 0.0991 e. The van der Waals surface area contributed by atoms with Crippen molar-refractivity contribution in [1.82, 2.24) is 14.9 Å². The fourth-order valence-corrected chi connectivity index (χ4v) is 2.36. The number of unbranched alkanes of at least 4 members (excludes halogenated alkanes) is 1. The van der Waals surface area contributed by atoms with Gasteiger partial charge in [0, 0.05) is 29.2 Å². The van der Waals surface area contributed by atoms with Gasteiger partial charge in [-0.25, -0.2) is 4.98 Å². The topological polar surface area (TPSA) is 29.9 Å². The van der Waals surface area contributed by atoms with Crippen molar-refractivity contribution < 1.29 is 0 Å². The molecule has 2 heterocycles. The molecule has 0 aromatic carbocycles. The van der Waals surface area contributed by atoms with E-state index in [1.165, 1.54) is 23.4 Å². The summed E-state index contributed by atoms with van der Waals surface area (Å²) in [7, 11) is 0. The van der Waals surface area contributed by atoms with Gasteiger partial charge in [-0.2, -0.15) is 0 Å². The van der Waals surface area contributed by atoms with Gasteiger partial charge in [-0.1, -0.05) is 13.3 Å². The van der Waals surface area contributed by atoms with Crippen LogP contribution < -0.4 is 5.32 Å². The molecular formula is C12H17N3S. The van der Waals surface area contributed by atoms with Crippen molar-refractivity contribution in [2.24, 2.45) is 0 Å². The Morgan fingerprint density at radius 1 is 1.50 bits per heavy atom. The Bertz CT molecular complexity index is 406. The Kier molecular flexibility index (Phi) is 4.13. The molecule has 0 bridgehead atoms. The molecule has 0 fully saturated rings. The van der Waals surface area contributed by atoms with Crippen LogP contribution in [0.25, 0.3) is 5.69 Å². The van der Waals surface area contributed by atoms with Crippen molar-refractivity contribution >= 4 is 11.3 Å². The molecule has 2 aromatic rings. The molecule has 2 rings (SSSR count). The second-order valence-electron chi connectivity index (χ2n) is 3.77. The summed E-state index contributed by atoms with van der Waals surface area (Å²) in [6, 6.07) is 2.21. The minimum Gasteiger partial charge on any atom is -0.312 e. The highest BCUT2D eigenvalue weighted by molar-refractivity contribution is 7.10. The molecule has 86 valence electrons. The molecule has 0 amide bonds. The molecule has 1 N–H and O–H groups in total. The molecule has 0 aliphatic heterocycles. The molecule has 3 nitrogen and oxygen atoms in total. The second-order valence-corrected chi connectivity index (χ2v) is 4.77. The van der Waals surface area contributed by atoms with E-state index in [1.54, 1.807) is 17.5 Å². The lowest BCUT2D eigenvalue weighted by Crippen LogP contribution is -2.13. The Labute approximate surface area is 100 Å². The van der Waals surface area contributed by atoms with Crippen LogP contribution in [0.4, 0.5) is 0 Å². The summed E-state index contributed by atoms with van der Waals surface area (Å²) in [4.78, 5) is 5.42. The van der Waals surface area contributed by atoms with Crippen molar-refractivity contribution in [3.63, 3.8) is 0 Å². The van der Waals surface area contributed by atoms with Gasteiger partial charge in [0.05, 0.1) is 12.0 Å². The minimum absolute atomic E-state index is 0.972. The van der Waals surface area contributed by atoms with Crippen LogP contribution >= 0.6 is 11.3 Å². The standard InChI is InChI=1S/C12H17N3S/c1-2-3-4-13-8-12-7-11(9-16-12)15-6-5-14-10-15/h5-7,9-10,13H,2-4,8H2,1H3. The molecule has 16 heavy (non-hydrogen) atoms. The van der Waals surface area contributed by atoms with Crippen LogP contribution in [0.3, 0.4) is 0 Å². The lowest BCUT2D eigenvalue weighted by molar-refractivity contribution is 0.646. The summed E-state index contributed by atoms with van der Waals surface area (Å²) in [6.45, 7) is 4.29. The third-order valence-electron chi connectivity index (χ3n) is 2.45. The fraction of sp³-hybridized carbons (Fsp3) is 0.417. The van der Waals surface area contributed by atoms with Gasteiger partial charge in [0.25, 0.3) is 0 Å². The van der Waals surface area contributed by atoms with E-state index in [4.69, 9.17) is 0 Å². The highest BCUT2D eigenvalue weighted by Gasteiger charge is 2.00. The first-order chi connectivity index (χ1) is 7.90. The van der Waals surface area contributed by atoms with Crippen LogP contribution in [-0.2, 0) is 6.54 Å². The normalized spacial score (nSPS) is 10.8. The molecule has 0 saturated heterocycles. The first-order valence-corrected chi connectivity index (χ1v) is 6.54. The largest absolute Gasteiger partial charge is 0.312 e. The maximum absolute atomic E-state index is 4.05. The number of hydrogen-bond donors (Lipinski definition) is 1. The number of nitrogens with one attached hydrogen (secondary N) is 1. The maximum Gasteiger partial charge on any atom is 0.0991 e. The third-order valence-corrected chi connectivity index (χ3v) is 3.37. The van der Waals surface area contributed by atoms with Crippen molar-refractivity contribution in [3.8, 4) is 5.69 Å². The average Bonchev–Trinajstić information content (AvgIpc) is 2.94. The van der Waals surface area contributed by atoms with Gasteiger partial charge >= 0.3 is 0 Å². The highest BCUT2D eigenvalue weighted by Crippen LogP contribution is 2.17. The first kappa shape index (κ1) is 11.4. The summed E-state index contributed by atoms with van der Waals surface area (Å²) >= 11 is 1.79. The number of aromatic nitrogens is 2. The molecule has 0 unspecified atom stereocenters. The number of nitrogens with zero attached hydrogens (tertiary/aromatic N) is 2. The van der Waals surface area contributed by atoms with Crippen molar-refractivity contribution in [2.75, 3.05) is 6.54 Å². The van der Waals surface area contributed by atoms with E-state index in [0.29, 0.717) is 0 Å². The van der Waals surface area contributed by atoms with Gasteiger partial charge < -0.3 is 9.88 Å². The quantitative estimate of drug-likeness (QED) is 0.780. The molecule has 0 aliphatic rings. The Balaban J connectivity index is 1.88. The number of imidazole rings is 1. The highest BCUT2D eigenvalue weighted by atomic mass is 32.1. The van der Waals surface area contributed by atoms with E-state index in [9.17, 15) is 0 Å². The molecule has 0 spiro atoms. The van der Waals surface area contributed by atoms with Gasteiger partial charge in [-0.3, -0.25) is 0 Å². The molecular weight excluding hydrogens is 218 g/mol. The lowest BCUT2D eigenvalue weighted by atomic mass is 10.3. The number of thiophene rings is 1. The lowest BCUT2D eigenvalue weighted by Gasteiger charge is -2.00. The van der Waals surface area contributed by atoms with Gasteiger partial charge in [-0.05, 0) is 19.0 Å². The predicted molar refractivity (Wildman–Crippen MR) is 68.1 cm³/mol. The minimum atomic E-state index is 0.972. The molecule has 0 radical (unpaired) electrons. The Morgan fingerprint density at radius 2 is 2.44 bits per heavy atom. The van der Waals surface area contributed by atoms with Gasteiger partial charge in [0.15, 0.2) is 0 Å². The van der Waals surface area contributed by atoms with Crippen LogP contribution in [0.15, 0.2) is 30.2 Å². The maximum atomic E-state index is 4.05. The predicted octanol–water partition coefficient (Wildman–Crippen LogP) is 2.82. The fourth-order valence-electron chi connectivity index (χ4n) is 1.52.